The number of aryl methyl sites for hydroxylation is 3. The van der Waals surface area contributed by atoms with Gasteiger partial charge in [-0.05, 0) is 69.7 Å². The summed E-state index contributed by atoms with van der Waals surface area (Å²) in [4.78, 5) is 53.5. The summed E-state index contributed by atoms with van der Waals surface area (Å²) in [6, 6.07) is 5.31. The molecule has 0 bridgehead atoms. The largest absolute Gasteiger partial charge is 0.471 e. The third-order valence-corrected chi connectivity index (χ3v) is 9.35. The fourth-order valence-electron chi connectivity index (χ4n) is 6.61. The van der Waals surface area contributed by atoms with E-state index < -0.39 is 18.0 Å². The molecule has 0 aliphatic carbocycles. The van der Waals surface area contributed by atoms with E-state index in [0.717, 1.165) is 25.2 Å². The van der Waals surface area contributed by atoms with E-state index in [-0.39, 0.29) is 31.3 Å². The Morgan fingerprint density at radius 3 is 2.23 bits per heavy atom. The van der Waals surface area contributed by atoms with Gasteiger partial charge in [0.15, 0.2) is 0 Å². The Hall–Kier alpha value is -3.25. The van der Waals surface area contributed by atoms with Crippen molar-refractivity contribution in [2.75, 3.05) is 57.3 Å². The second-order valence-electron chi connectivity index (χ2n) is 11.9. The summed E-state index contributed by atoms with van der Waals surface area (Å²) in [5.74, 6) is -2.24. The fourth-order valence-corrected chi connectivity index (χ4v) is 6.79. The number of carbonyl (C=O) groups is 3. The number of aromatic nitrogens is 2. The molecule has 4 heterocycles. The second kappa shape index (κ2) is 12.4. The highest BCUT2D eigenvalue weighted by Crippen LogP contribution is 2.33. The van der Waals surface area contributed by atoms with Gasteiger partial charge in [-0.2, -0.15) is 13.2 Å². The lowest BCUT2D eigenvalue weighted by molar-refractivity contribution is -0.184. The Morgan fingerprint density at radius 2 is 1.63 bits per heavy atom. The lowest BCUT2D eigenvalue weighted by Gasteiger charge is -2.28. The number of benzene rings is 1. The summed E-state index contributed by atoms with van der Waals surface area (Å²) in [7, 11) is 0. The van der Waals surface area contributed by atoms with Gasteiger partial charge in [0.1, 0.15) is 6.33 Å². The minimum Gasteiger partial charge on any atom is -0.338 e. The van der Waals surface area contributed by atoms with Gasteiger partial charge in [0.25, 0.3) is 5.91 Å². The maximum Gasteiger partial charge on any atom is 0.471 e. The van der Waals surface area contributed by atoms with Crippen molar-refractivity contribution < 1.29 is 27.6 Å². The third-order valence-electron chi connectivity index (χ3n) is 8.95. The van der Waals surface area contributed by atoms with Crippen molar-refractivity contribution in [3.05, 3.63) is 52.1 Å². The van der Waals surface area contributed by atoms with Gasteiger partial charge in [-0.15, -0.1) is 0 Å². The fraction of sp³-hybridized carbons (Fsp3) is 0.567. The predicted octanol–water partition coefficient (Wildman–Crippen LogP) is 3.89. The van der Waals surface area contributed by atoms with Crippen LogP contribution in [-0.2, 0) is 9.59 Å². The zero-order chi connectivity index (χ0) is 31.1. The van der Waals surface area contributed by atoms with Gasteiger partial charge in [-0.1, -0.05) is 17.7 Å². The van der Waals surface area contributed by atoms with Gasteiger partial charge in [-0.25, -0.2) is 9.97 Å². The molecule has 0 saturated carbocycles. The highest BCUT2D eigenvalue weighted by Gasteiger charge is 2.46. The number of alkyl halides is 3. The Bertz CT molecular complexity index is 1370. The van der Waals surface area contributed by atoms with Gasteiger partial charge < -0.3 is 19.6 Å². The molecular weight excluding hydrogens is 585 g/mol. The molecule has 0 radical (unpaired) electrons. The van der Waals surface area contributed by atoms with Crippen LogP contribution < -0.4 is 4.90 Å². The molecule has 3 atom stereocenters. The second-order valence-corrected chi connectivity index (χ2v) is 12.3. The van der Waals surface area contributed by atoms with Gasteiger partial charge in [0.2, 0.25) is 5.91 Å². The summed E-state index contributed by atoms with van der Waals surface area (Å²) >= 11 is 6.36. The van der Waals surface area contributed by atoms with Crippen molar-refractivity contribution in [1.82, 2.24) is 24.7 Å². The van der Waals surface area contributed by atoms with E-state index in [0.29, 0.717) is 70.5 Å². The monoisotopic (exact) mass is 620 g/mol. The highest BCUT2D eigenvalue weighted by molar-refractivity contribution is 6.31. The summed E-state index contributed by atoms with van der Waals surface area (Å²) in [6.45, 7) is 9.28. The van der Waals surface area contributed by atoms with Crippen LogP contribution in [0.3, 0.4) is 0 Å². The SMILES string of the molecule is Cc1ccc(N(CCCN2CC3CN(C(=O)c4c(C)ncnc4C)CC3C2)C(=O)C2CCN(C(=O)C(F)(F)F)C2)cc1Cl. The minimum absolute atomic E-state index is 0.0233. The normalized spacial score (nSPS) is 22.3. The van der Waals surface area contributed by atoms with Gasteiger partial charge in [0.05, 0.1) is 22.9 Å². The molecule has 1 aromatic carbocycles. The van der Waals surface area contributed by atoms with E-state index in [1.54, 1.807) is 17.0 Å². The van der Waals surface area contributed by atoms with E-state index in [9.17, 15) is 27.6 Å². The Morgan fingerprint density at radius 1 is 0.977 bits per heavy atom. The molecule has 13 heteroatoms. The van der Waals surface area contributed by atoms with Crippen LogP contribution in [0.5, 0.6) is 0 Å². The molecule has 0 spiro atoms. The van der Waals surface area contributed by atoms with Crippen molar-refractivity contribution >= 4 is 35.0 Å². The quantitative estimate of drug-likeness (QED) is 0.467. The van der Waals surface area contributed by atoms with Crippen LogP contribution in [0.4, 0.5) is 18.9 Å². The summed E-state index contributed by atoms with van der Waals surface area (Å²) in [5, 5.41) is 0.495. The van der Waals surface area contributed by atoms with Gasteiger partial charge in [0, 0.05) is 56.5 Å². The van der Waals surface area contributed by atoms with Crippen molar-refractivity contribution in [3.63, 3.8) is 0 Å². The number of carbonyl (C=O) groups excluding carboxylic acids is 3. The van der Waals surface area contributed by atoms with Crippen molar-refractivity contribution in [1.29, 1.82) is 0 Å². The molecule has 0 N–H and O–H groups in total. The molecular formula is C30H36ClF3N6O3. The number of halogens is 4. The molecule has 3 aliphatic heterocycles. The first kappa shape index (κ1) is 31.2. The average molecular weight is 621 g/mol. The van der Waals surface area contributed by atoms with Crippen LogP contribution in [0.15, 0.2) is 24.5 Å². The Kier molecular flexibility index (Phi) is 8.99. The van der Waals surface area contributed by atoms with E-state index in [1.807, 2.05) is 31.7 Å². The van der Waals surface area contributed by atoms with E-state index in [2.05, 4.69) is 14.9 Å². The molecule has 5 rings (SSSR count). The highest BCUT2D eigenvalue weighted by atomic mass is 35.5. The van der Waals surface area contributed by atoms with Crippen LogP contribution in [0.25, 0.3) is 0 Å². The molecule has 3 amide bonds. The van der Waals surface area contributed by atoms with Gasteiger partial charge in [-0.3, -0.25) is 14.4 Å². The summed E-state index contributed by atoms with van der Waals surface area (Å²) in [5.41, 5.74) is 3.38. The lowest BCUT2D eigenvalue weighted by atomic mass is 10.0. The summed E-state index contributed by atoms with van der Waals surface area (Å²) in [6.07, 6.45) is -2.67. The van der Waals surface area contributed by atoms with Crippen molar-refractivity contribution in [3.8, 4) is 0 Å². The average Bonchev–Trinajstić information content (AvgIpc) is 3.67. The maximum atomic E-state index is 13.6. The smallest absolute Gasteiger partial charge is 0.338 e. The van der Waals surface area contributed by atoms with Crippen LogP contribution >= 0.6 is 11.6 Å². The number of anilines is 1. The number of rotatable bonds is 7. The zero-order valence-electron chi connectivity index (χ0n) is 24.5. The van der Waals surface area contributed by atoms with Gasteiger partial charge >= 0.3 is 12.1 Å². The first-order valence-electron chi connectivity index (χ1n) is 14.6. The molecule has 1 aromatic heterocycles. The van der Waals surface area contributed by atoms with Crippen LogP contribution in [-0.4, -0.2) is 101 Å². The number of likely N-dealkylation sites (tertiary alicyclic amines) is 3. The first-order valence-corrected chi connectivity index (χ1v) is 14.9. The lowest BCUT2D eigenvalue weighted by Crippen LogP contribution is -2.42. The molecule has 3 aliphatic rings. The van der Waals surface area contributed by atoms with Crippen molar-refractivity contribution in [2.45, 2.75) is 39.8 Å². The molecule has 9 nitrogen and oxygen atoms in total. The zero-order valence-corrected chi connectivity index (χ0v) is 25.3. The first-order chi connectivity index (χ1) is 20.3. The molecule has 3 unspecified atom stereocenters. The van der Waals surface area contributed by atoms with E-state index >= 15 is 0 Å². The third kappa shape index (κ3) is 6.64. The van der Waals surface area contributed by atoms with E-state index in [1.165, 1.54) is 6.33 Å². The maximum absolute atomic E-state index is 13.6. The summed E-state index contributed by atoms with van der Waals surface area (Å²) < 4.78 is 38.9. The number of hydrogen-bond donors (Lipinski definition) is 0. The molecule has 3 saturated heterocycles. The molecule has 43 heavy (non-hydrogen) atoms. The topological polar surface area (TPSA) is 89.9 Å². The Balaban J connectivity index is 1.18. The molecule has 2 aromatic rings. The van der Waals surface area contributed by atoms with E-state index in [4.69, 9.17) is 11.6 Å². The molecule has 232 valence electrons. The number of hydrogen-bond acceptors (Lipinski definition) is 6. The minimum atomic E-state index is -4.96. The van der Waals surface area contributed by atoms with Crippen LogP contribution in [0, 0.1) is 38.5 Å². The number of amides is 3. The molecule has 3 fully saturated rings. The van der Waals surface area contributed by atoms with Crippen LogP contribution in [0.2, 0.25) is 5.02 Å². The Labute approximate surface area is 254 Å². The number of nitrogens with zero attached hydrogens (tertiary/aromatic N) is 6. The number of fused-ring (bicyclic) bond motifs is 1. The van der Waals surface area contributed by atoms with Crippen LogP contribution in [0.1, 0.15) is 40.2 Å². The van der Waals surface area contributed by atoms with Crippen molar-refractivity contribution in [2.24, 2.45) is 17.8 Å². The standard InChI is InChI=1S/C30H36ClF3N6O3/c1-18-5-6-24(11-25(18)31)40(27(41)21-7-10-38(14-21)29(43)30(32,33)34)9-4-8-37-12-22-15-39(16-23(22)13-37)28(42)26-19(2)35-17-36-20(26)3/h5-6,11,17,21-23H,4,7-10,12-16H2,1-3H3. The predicted molar refractivity (Wildman–Crippen MR) is 155 cm³/mol.